The first kappa shape index (κ1) is 16.8. The minimum absolute atomic E-state index is 0.777. The van der Waals surface area contributed by atoms with Gasteiger partial charge in [-0.2, -0.15) is 0 Å². The molecular weight excluding hydrogens is 250 g/mol. The Morgan fingerprint density at radius 1 is 1.15 bits per heavy atom. The Balaban J connectivity index is 2.48. The summed E-state index contributed by atoms with van der Waals surface area (Å²) in [5, 5.41) is 3.55. The van der Waals surface area contributed by atoms with Crippen molar-refractivity contribution < 1.29 is 9.47 Å². The van der Waals surface area contributed by atoms with Gasteiger partial charge in [-0.25, -0.2) is 0 Å². The van der Waals surface area contributed by atoms with Crippen LogP contribution in [0.1, 0.15) is 45.1 Å². The average Bonchev–Trinajstić information content (AvgIpc) is 2.50. The Hall–Kier alpha value is -1.22. The summed E-state index contributed by atoms with van der Waals surface area (Å²) in [4.78, 5) is 0. The summed E-state index contributed by atoms with van der Waals surface area (Å²) in [6, 6.07) is 5.98. The number of rotatable bonds is 10. The minimum Gasteiger partial charge on any atom is -0.497 e. The van der Waals surface area contributed by atoms with Gasteiger partial charge in [0.25, 0.3) is 0 Å². The zero-order valence-corrected chi connectivity index (χ0v) is 13.4. The first-order valence-electron chi connectivity index (χ1n) is 7.66. The van der Waals surface area contributed by atoms with Gasteiger partial charge in [-0.3, -0.25) is 0 Å². The molecule has 114 valence electrons. The Kier molecular flexibility index (Phi) is 8.12. The summed E-state index contributed by atoms with van der Waals surface area (Å²) in [7, 11) is 3.38. The Labute approximate surface area is 123 Å². The van der Waals surface area contributed by atoms with Gasteiger partial charge < -0.3 is 14.8 Å². The number of ether oxygens (including phenoxy) is 2. The fraction of sp³-hybridized carbons (Fsp3) is 0.647. The minimum atomic E-state index is 0.777. The third-order valence-corrected chi connectivity index (χ3v) is 3.79. The molecule has 1 aromatic carbocycles. The highest BCUT2D eigenvalue weighted by atomic mass is 16.5. The van der Waals surface area contributed by atoms with Crippen LogP contribution in [-0.4, -0.2) is 20.8 Å². The molecule has 0 aliphatic heterocycles. The molecule has 1 unspecified atom stereocenters. The third kappa shape index (κ3) is 5.41. The van der Waals surface area contributed by atoms with E-state index in [1.54, 1.807) is 14.2 Å². The standard InChI is InChI=1S/C17H29NO2/c1-5-7-8-14(6-2)12-18-13-15-9-10-16(19-3)11-17(15)20-4/h9-11,14,18H,5-8,12-13H2,1-4H3. The molecular formula is C17H29NO2. The van der Waals surface area contributed by atoms with E-state index >= 15 is 0 Å². The summed E-state index contributed by atoms with van der Waals surface area (Å²) >= 11 is 0. The van der Waals surface area contributed by atoms with Crippen LogP contribution >= 0.6 is 0 Å². The molecule has 0 radical (unpaired) electrons. The number of hydrogen-bond donors (Lipinski definition) is 1. The zero-order valence-electron chi connectivity index (χ0n) is 13.4. The van der Waals surface area contributed by atoms with Crippen molar-refractivity contribution in [3.8, 4) is 11.5 Å². The molecule has 0 amide bonds. The normalized spacial score (nSPS) is 12.2. The van der Waals surface area contributed by atoms with Crippen molar-refractivity contribution in [1.82, 2.24) is 5.32 Å². The predicted molar refractivity (Wildman–Crippen MR) is 84.6 cm³/mol. The monoisotopic (exact) mass is 279 g/mol. The molecule has 1 atom stereocenters. The van der Waals surface area contributed by atoms with Crippen LogP contribution in [0.3, 0.4) is 0 Å². The van der Waals surface area contributed by atoms with Gasteiger partial charge in [0.05, 0.1) is 14.2 Å². The molecule has 3 heteroatoms. The van der Waals surface area contributed by atoms with Gasteiger partial charge in [-0.05, 0) is 24.9 Å². The molecule has 0 bridgehead atoms. The molecule has 0 fully saturated rings. The SMILES string of the molecule is CCCCC(CC)CNCc1ccc(OC)cc1OC. The van der Waals surface area contributed by atoms with E-state index in [1.165, 1.54) is 31.2 Å². The number of methoxy groups -OCH3 is 2. The Morgan fingerprint density at radius 3 is 2.55 bits per heavy atom. The van der Waals surface area contributed by atoms with E-state index in [-0.39, 0.29) is 0 Å². The second-order valence-corrected chi connectivity index (χ2v) is 5.23. The average molecular weight is 279 g/mol. The van der Waals surface area contributed by atoms with Gasteiger partial charge in [-0.15, -0.1) is 0 Å². The lowest BCUT2D eigenvalue weighted by atomic mass is 9.99. The summed E-state index contributed by atoms with van der Waals surface area (Å²) in [5.41, 5.74) is 1.18. The first-order valence-corrected chi connectivity index (χ1v) is 7.66. The maximum absolute atomic E-state index is 5.42. The van der Waals surface area contributed by atoms with Crippen LogP contribution in [0.15, 0.2) is 18.2 Å². The summed E-state index contributed by atoms with van der Waals surface area (Å²) in [5.74, 6) is 2.50. The second-order valence-electron chi connectivity index (χ2n) is 5.23. The lowest BCUT2D eigenvalue weighted by Crippen LogP contribution is -2.22. The van der Waals surface area contributed by atoms with E-state index in [9.17, 15) is 0 Å². The smallest absolute Gasteiger partial charge is 0.127 e. The maximum Gasteiger partial charge on any atom is 0.127 e. The fourth-order valence-electron chi connectivity index (χ4n) is 2.35. The van der Waals surface area contributed by atoms with E-state index in [4.69, 9.17) is 9.47 Å². The van der Waals surface area contributed by atoms with E-state index in [1.807, 2.05) is 12.1 Å². The van der Waals surface area contributed by atoms with Crippen LogP contribution in [0, 0.1) is 5.92 Å². The molecule has 1 rings (SSSR count). The summed E-state index contributed by atoms with van der Waals surface area (Å²) in [6.07, 6.45) is 5.17. The molecule has 0 aliphatic carbocycles. The van der Waals surface area contributed by atoms with Crippen molar-refractivity contribution >= 4 is 0 Å². The van der Waals surface area contributed by atoms with Gasteiger partial charge in [0, 0.05) is 18.2 Å². The predicted octanol–water partition coefficient (Wildman–Crippen LogP) is 4.01. The number of hydrogen-bond acceptors (Lipinski definition) is 3. The summed E-state index contributed by atoms with van der Waals surface area (Å²) < 4.78 is 10.6. The second kappa shape index (κ2) is 9.65. The van der Waals surface area contributed by atoms with Crippen LogP contribution < -0.4 is 14.8 Å². The Morgan fingerprint density at radius 2 is 1.95 bits per heavy atom. The maximum atomic E-state index is 5.42. The van der Waals surface area contributed by atoms with E-state index in [0.29, 0.717) is 0 Å². The van der Waals surface area contributed by atoms with Crippen molar-refractivity contribution in [2.45, 2.75) is 46.1 Å². The van der Waals surface area contributed by atoms with Crippen molar-refractivity contribution in [2.24, 2.45) is 5.92 Å². The largest absolute Gasteiger partial charge is 0.497 e. The van der Waals surface area contributed by atoms with Crippen molar-refractivity contribution in [1.29, 1.82) is 0 Å². The number of unbranched alkanes of at least 4 members (excludes halogenated alkanes) is 1. The highest BCUT2D eigenvalue weighted by molar-refractivity contribution is 5.40. The molecule has 3 nitrogen and oxygen atoms in total. The molecule has 0 aromatic heterocycles. The van der Waals surface area contributed by atoms with Gasteiger partial charge in [0.15, 0.2) is 0 Å². The number of nitrogens with one attached hydrogen (secondary N) is 1. The quantitative estimate of drug-likeness (QED) is 0.702. The van der Waals surface area contributed by atoms with Crippen molar-refractivity contribution in [3.63, 3.8) is 0 Å². The summed E-state index contributed by atoms with van der Waals surface area (Å²) in [6.45, 7) is 6.44. The topological polar surface area (TPSA) is 30.5 Å². The molecule has 0 saturated carbocycles. The van der Waals surface area contributed by atoms with Crippen LogP contribution in [0.2, 0.25) is 0 Å². The Bertz CT molecular complexity index is 379. The van der Waals surface area contributed by atoms with E-state index in [0.717, 1.165) is 30.5 Å². The van der Waals surface area contributed by atoms with Crippen LogP contribution in [-0.2, 0) is 6.54 Å². The van der Waals surface area contributed by atoms with Crippen molar-refractivity contribution in [2.75, 3.05) is 20.8 Å². The molecule has 20 heavy (non-hydrogen) atoms. The van der Waals surface area contributed by atoms with Crippen LogP contribution in [0.5, 0.6) is 11.5 Å². The molecule has 1 aromatic rings. The third-order valence-electron chi connectivity index (χ3n) is 3.79. The van der Waals surface area contributed by atoms with E-state index < -0.39 is 0 Å². The fourth-order valence-corrected chi connectivity index (χ4v) is 2.35. The lowest BCUT2D eigenvalue weighted by molar-refractivity contribution is 0.385. The van der Waals surface area contributed by atoms with Crippen molar-refractivity contribution in [3.05, 3.63) is 23.8 Å². The van der Waals surface area contributed by atoms with E-state index in [2.05, 4.69) is 25.2 Å². The lowest BCUT2D eigenvalue weighted by Gasteiger charge is -2.16. The first-order chi connectivity index (χ1) is 9.74. The van der Waals surface area contributed by atoms with Gasteiger partial charge in [0.1, 0.15) is 11.5 Å². The molecule has 0 saturated heterocycles. The molecule has 0 heterocycles. The molecule has 0 spiro atoms. The molecule has 1 N–H and O–H groups in total. The van der Waals surface area contributed by atoms with Gasteiger partial charge in [0.2, 0.25) is 0 Å². The number of benzene rings is 1. The van der Waals surface area contributed by atoms with Gasteiger partial charge >= 0.3 is 0 Å². The molecule has 0 aliphatic rings. The van der Waals surface area contributed by atoms with Crippen LogP contribution in [0.4, 0.5) is 0 Å². The highest BCUT2D eigenvalue weighted by Gasteiger charge is 2.08. The highest BCUT2D eigenvalue weighted by Crippen LogP contribution is 2.24. The van der Waals surface area contributed by atoms with Gasteiger partial charge in [-0.1, -0.05) is 39.2 Å². The zero-order chi connectivity index (χ0) is 14.8. The van der Waals surface area contributed by atoms with Crippen LogP contribution in [0.25, 0.3) is 0 Å².